The monoisotopic (exact) mass is 398 g/mol. The normalized spacial score (nSPS) is 11.0. The number of fused-ring (bicyclic) bond motifs is 1. The second-order valence-electron chi connectivity index (χ2n) is 4.90. The Morgan fingerprint density at radius 3 is 2.62 bits per heavy atom. The summed E-state index contributed by atoms with van der Waals surface area (Å²) in [6.45, 7) is 1.77. The summed E-state index contributed by atoms with van der Waals surface area (Å²) in [5.74, 6) is -0.443. The minimum Gasteiger partial charge on any atom is -0.465 e. The van der Waals surface area contributed by atoms with Crippen molar-refractivity contribution in [3.8, 4) is 11.1 Å². The highest BCUT2D eigenvalue weighted by molar-refractivity contribution is 8.00. The molecular weight excluding hydrogens is 387 g/mol. The average molecular weight is 399 g/mol. The number of carbonyl (C=O) groups excluding carboxylic acids is 1. The van der Waals surface area contributed by atoms with Crippen LogP contribution in [-0.2, 0) is 4.74 Å². The number of thiazole rings is 1. The summed E-state index contributed by atoms with van der Waals surface area (Å²) in [4.78, 5) is 21.3. The summed E-state index contributed by atoms with van der Waals surface area (Å²) in [6, 6.07) is 5.27. The Balaban J connectivity index is 2.42. The van der Waals surface area contributed by atoms with Crippen molar-refractivity contribution < 1.29 is 9.53 Å². The molecule has 0 fully saturated rings. The molecule has 8 heteroatoms. The quantitative estimate of drug-likeness (QED) is 0.431. The van der Waals surface area contributed by atoms with Gasteiger partial charge in [0.15, 0.2) is 9.99 Å². The molecule has 0 unspecified atom stereocenters. The number of carbonyl (C=O) groups is 1. The zero-order chi connectivity index (χ0) is 17.4. The predicted molar refractivity (Wildman–Crippen MR) is 101 cm³/mol. The van der Waals surface area contributed by atoms with Crippen LogP contribution in [-0.4, -0.2) is 29.3 Å². The Morgan fingerprint density at radius 2 is 2.00 bits per heavy atom. The molecule has 0 aliphatic heterocycles. The molecule has 0 saturated heterocycles. The van der Waals surface area contributed by atoms with Gasteiger partial charge in [-0.15, -0.1) is 11.3 Å². The fraction of sp³-hybridized carbons (Fsp3) is 0.188. The highest BCUT2D eigenvalue weighted by Crippen LogP contribution is 2.40. The van der Waals surface area contributed by atoms with Crippen LogP contribution in [0.1, 0.15) is 16.1 Å². The van der Waals surface area contributed by atoms with Gasteiger partial charge in [0.05, 0.1) is 33.1 Å². The third kappa shape index (κ3) is 2.99. The number of ether oxygens (including phenoxy) is 1. The largest absolute Gasteiger partial charge is 0.465 e. The number of hydrogen-bond donors (Lipinski definition) is 0. The molecule has 0 radical (unpaired) electrons. The summed E-state index contributed by atoms with van der Waals surface area (Å²) in [7, 11) is 1.35. The van der Waals surface area contributed by atoms with Crippen molar-refractivity contribution in [1.82, 2.24) is 9.97 Å². The molecule has 3 rings (SSSR count). The van der Waals surface area contributed by atoms with Crippen LogP contribution in [0.15, 0.2) is 22.5 Å². The number of pyridine rings is 1. The molecule has 0 aliphatic carbocycles. The number of aryl methyl sites for hydroxylation is 1. The highest BCUT2D eigenvalue weighted by Gasteiger charge is 2.23. The third-order valence-electron chi connectivity index (χ3n) is 3.47. The fourth-order valence-electron chi connectivity index (χ4n) is 2.41. The number of esters is 1. The van der Waals surface area contributed by atoms with E-state index in [2.05, 4.69) is 9.97 Å². The van der Waals surface area contributed by atoms with E-state index in [1.54, 1.807) is 19.1 Å². The second kappa shape index (κ2) is 6.88. The maximum atomic E-state index is 12.4. The van der Waals surface area contributed by atoms with E-state index in [1.807, 2.05) is 12.3 Å². The molecule has 0 amide bonds. The minimum absolute atomic E-state index is 0.416. The number of hydrogen-bond acceptors (Lipinski definition) is 6. The van der Waals surface area contributed by atoms with Gasteiger partial charge in [0, 0.05) is 5.56 Å². The molecule has 0 bridgehead atoms. The summed E-state index contributed by atoms with van der Waals surface area (Å²) < 4.78 is 6.65. The van der Waals surface area contributed by atoms with E-state index in [-0.39, 0.29) is 0 Å². The molecule has 0 aliphatic rings. The van der Waals surface area contributed by atoms with Gasteiger partial charge < -0.3 is 4.74 Å². The van der Waals surface area contributed by atoms with E-state index in [0.29, 0.717) is 26.9 Å². The summed E-state index contributed by atoms with van der Waals surface area (Å²) >= 11 is 15.2. The van der Waals surface area contributed by atoms with Crippen LogP contribution in [0, 0.1) is 6.92 Å². The second-order valence-corrected chi connectivity index (χ2v) is 7.77. The number of halogens is 2. The molecule has 3 aromatic rings. The third-order valence-corrected chi connectivity index (χ3v) is 6.26. The van der Waals surface area contributed by atoms with Crippen LogP contribution in [0.5, 0.6) is 0 Å². The zero-order valence-electron chi connectivity index (χ0n) is 13.0. The summed E-state index contributed by atoms with van der Waals surface area (Å²) in [6.07, 6.45) is 1.95. The smallest absolute Gasteiger partial charge is 0.340 e. The van der Waals surface area contributed by atoms with Gasteiger partial charge >= 0.3 is 5.97 Å². The SMILES string of the molecule is COC(=O)c1c(C)nc2nc(SC)sc2c1-c1ccc(Cl)c(Cl)c1. The van der Waals surface area contributed by atoms with Gasteiger partial charge in [-0.3, -0.25) is 0 Å². The molecule has 1 aromatic carbocycles. The van der Waals surface area contributed by atoms with Crippen molar-refractivity contribution in [3.05, 3.63) is 39.5 Å². The lowest BCUT2D eigenvalue weighted by Crippen LogP contribution is -2.08. The number of nitrogens with zero attached hydrogens (tertiary/aromatic N) is 2. The number of thioether (sulfide) groups is 1. The molecule has 24 heavy (non-hydrogen) atoms. The number of methoxy groups -OCH3 is 1. The van der Waals surface area contributed by atoms with E-state index in [9.17, 15) is 4.79 Å². The Bertz CT molecular complexity index is 957. The number of benzene rings is 1. The topological polar surface area (TPSA) is 52.1 Å². The maximum absolute atomic E-state index is 12.4. The Morgan fingerprint density at radius 1 is 1.25 bits per heavy atom. The lowest BCUT2D eigenvalue weighted by Gasteiger charge is -2.12. The van der Waals surface area contributed by atoms with Crippen molar-refractivity contribution in [3.63, 3.8) is 0 Å². The molecule has 124 valence electrons. The first-order chi connectivity index (χ1) is 11.5. The van der Waals surface area contributed by atoms with Crippen molar-refractivity contribution >= 4 is 62.6 Å². The van der Waals surface area contributed by atoms with Crippen LogP contribution < -0.4 is 0 Å². The molecule has 2 aromatic heterocycles. The summed E-state index contributed by atoms with van der Waals surface area (Å²) in [5.41, 5.74) is 3.08. The Hall–Kier alpha value is -1.34. The number of aromatic nitrogens is 2. The molecule has 0 saturated carbocycles. The van der Waals surface area contributed by atoms with Gasteiger partial charge in [0.1, 0.15) is 0 Å². The molecule has 0 spiro atoms. The van der Waals surface area contributed by atoms with Crippen molar-refractivity contribution in [2.75, 3.05) is 13.4 Å². The Kier molecular flexibility index (Phi) is 5.01. The van der Waals surface area contributed by atoms with Crippen LogP contribution in [0.3, 0.4) is 0 Å². The average Bonchev–Trinajstić information content (AvgIpc) is 2.98. The van der Waals surface area contributed by atoms with E-state index in [4.69, 9.17) is 27.9 Å². The first-order valence-corrected chi connectivity index (χ1v) is 9.64. The minimum atomic E-state index is -0.443. The first kappa shape index (κ1) is 17.5. The van der Waals surface area contributed by atoms with E-state index < -0.39 is 5.97 Å². The molecule has 4 nitrogen and oxygen atoms in total. The number of rotatable bonds is 3. The lowest BCUT2D eigenvalue weighted by molar-refractivity contribution is 0.0600. The van der Waals surface area contributed by atoms with Crippen molar-refractivity contribution in [2.45, 2.75) is 11.3 Å². The predicted octanol–water partition coefficient (Wildman–Crippen LogP) is 5.48. The van der Waals surface area contributed by atoms with Gasteiger partial charge in [-0.05, 0) is 30.9 Å². The molecule has 2 heterocycles. The Labute approximate surface area is 157 Å². The van der Waals surface area contributed by atoms with Crippen LogP contribution in [0.4, 0.5) is 0 Å². The van der Waals surface area contributed by atoms with Crippen LogP contribution in [0.2, 0.25) is 10.0 Å². The van der Waals surface area contributed by atoms with Gasteiger partial charge in [0.2, 0.25) is 0 Å². The molecular formula is C16H12Cl2N2O2S2. The van der Waals surface area contributed by atoms with Crippen molar-refractivity contribution in [2.24, 2.45) is 0 Å². The fourth-order valence-corrected chi connectivity index (χ4v) is 4.28. The highest BCUT2D eigenvalue weighted by atomic mass is 35.5. The van der Waals surface area contributed by atoms with Gasteiger partial charge in [-0.25, -0.2) is 14.8 Å². The maximum Gasteiger partial charge on any atom is 0.340 e. The lowest BCUT2D eigenvalue weighted by atomic mass is 9.99. The van der Waals surface area contributed by atoms with Gasteiger partial charge in [-0.1, -0.05) is 41.0 Å². The summed E-state index contributed by atoms with van der Waals surface area (Å²) in [5, 5.41) is 0.873. The zero-order valence-corrected chi connectivity index (χ0v) is 16.2. The standard InChI is InChI=1S/C16H12Cl2N2O2S2/c1-7-11(15(21)22-2)12(8-4-5-9(17)10(18)6-8)13-14(19-7)20-16(23-3)24-13/h4-6H,1-3H3. The molecule has 0 atom stereocenters. The molecule has 0 N–H and O–H groups in total. The van der Waals surface area contributed by atoms with Crippen molar-refractivity contribution in [1.29, 1.82) is 0 Å². The first-order valence-electron chi connectivity index (χ1n) is 6.85. The van der Waals surface area contributed by atoms with Crippen LogP contribution >= 0.6 is 46.3 Å². The van der Waals surface area contributed by atoms with Gasteiger partial charge in [0.25, 0.3) is 0 Å². The van der Waals surface area contributed by atoms with E-state index in [1.165, 1.54) is 30.2 Å². The van der Waals surface area contributed by atoms with Gasteiger partial charge in [-0.2, -0.15) is 0 Å². The van der Waals surface area contributed by atoms with Crippen LogP contribution in [0.25, 0.3) is 21.5 Å². The van der Waals surface area contributed by atoms with E-state index in [0.717, 1.165) is 20.2 Å². The van der Waals surface area contributed by atoms with E-state index >= 15 is 0 Å².